The Morgan fingerprint density at radius 1 is 1.12 bits per heavy atom. The molecule has 0 aliphatic rings. The summed E-state index contributed by atoms with van der Waals surface area (Å²) in [6.07, 6.45) is 1.65. The number of nitrogens with zero attached hydrogens (tertiary/aromatic N) is 3. The second-order valence-electron chi connectivity index (χ2n) is 7.37. The molecule has 0 aliphatic carbocycles. The zero-order valence-corrected chi connectivity index (χ0v) is 21.1. The van der Waals surface area contributed by atoms with Crippen LogP contribution in [0, 0.1) is 28.7 Å². The molecule has 3 rings (SSSR count). The molecule has 7 nitrogen and oxygen atoms in total. The fraction of sp³-hybridized carbons (Fsp3) is 0.240. The van der Waals surface area contributed by atoms with Crippen molar-refractivity contribution in [1.82, 2.24) is 4.98 Å². The van der Waals surface area contributed by atoms with Crippen molar-refractivity contribution in [2.45, 2.75) is 27.1 Å². The molecule has 1 N–H and O–H groups in total. The number of anilines is 1. The highest BCUT2D eigenvalue weighted by Gasteiger charge is 2.13. The molecule has 0 fully saturated rings. The van der Waals surface area contributed by atoms with Crippen molar-refractivity contribution < 1.29 is 14.2 Å². The fourth-order valence-electron chi connectivity index (χ4n) is 3.18. The lowest BCUT2D eigenvalue weighted by Gasteiger charge is -2.14. The molecule has 1 aromatic heterocycles. The van der Waals surface area contributed by atoms with Gasteiger partial charge in [-0.2, -0.15) is 10.4 Å². The SMILES string of the molecule is COCc1cc(C)nc(N/N=C/c2cc(I)c(OCc3ccc(C)cc3)c(OC)c2)c1C#N. The third-order valence-corrected chi connectivity index (χ3v) is 5.58. The molecule has 0 saturated carbocycles. The molecular formula is C25H25IN4O3. The summed E-state index contributed by atoms with van der Waals surface area (Å²) in [6.45, 7) is 4.68. The molecule has 0 amide bonds. The van der Waals surface area contributed by atoms with E-state index in [1.165, 1.54) is 5.56 Å². The number of benzene rings is 2. The van der Waals surface area contributed by atoms with Crippen LogP contribution in [-0.4, -0.2) is 25.4 Å². The highest BCUT2D eigenvalue weighted by molar-refractivity contribution is 14.1. The molecule has 170 valence electrons. The Labute approximate surface area is 207 Å². The lowest BCUT2D eigenvalue weighted by atomic mass is 10.1. The Kier molecular flexibility index (Phi) is 8.63. The van der Waals surface area contributed by atoms with Gasteiger partial charge in [-0.1, -0.05) is 29.8 Å². The van der Waals surface area contributed by atoms with Crippen LogP contribution in [0.3, 0.4) is 0 Å². The Morgan fingerprint density at radius 2 is 1.88 bits per heavy atom. The van der Waals surface area contributed by atoms with E-state index in [1.54, 1.807) is 20.4 Å². The molecule has 0 radical (unpaired) electrons. The van der Waals surface area contributed by atoms with Crippen LogP contribution in [0.25, 0.3) is 0 Å². The van der Waals surface area contributed by atoms with Crippen LogP contribution < -0.4 is 14.9 Å². The third kappa shape index (κ3) is 6.43. The highest BCUT2D eigenvalue weighted by Crippen LogP contribution is 2.34. The Balaban J connectivity index is 1.77. The minimum Gasteiger partial charge on any atom is -0.493 e. The molecule has 0 spiro atoms. The Bertz CT molecular complexity index is 1190. The number of pyridine rings is 1. The van der Waals surface area contributed by atoms with E-state index in [0.717, 1.165) is 26.0 Å². The monoisotopic (exact) mass is 556 g/mol. The summed E-state index contributed by atoms with van der Waals surface area (Å²) < 4.78 is 17.7. The average molecular weight is 556 g/mol. The van der Waals surface area contributed by atoms with Gasteiger partial charge in [0.2, 0.25) is 0 Å². The number of aromatic nitrogens is 1. The van der Waals surface area contributed by atoms with Crippen molar-refractivity contribution in [3.05, 3.63) is 79.5 Å². The fourth-order valence-corrected chi connectivity index (χ4v) is 3.96. The number of rotatable bonds is 9. The van der Waals surface area contributed by atoms with Crippen molar-refractivity contribution in [2.75, 3.05) is 19.6 Å². The third-order valence-electron chi connectivity index (χ3n) is 4.78. The largest absolute Gasteiger partial charge is 0.493 e. The summed E-state index contributed by atoms with van der Waals surface area (Å²) in [6, 6.07) is 16.0. The van der Waals surface area contributed by atoms with Gasteiger partial charge in [0, 0.05) is 18.4 Å². The lowest BCUT2D eigenvalue weighted by molar-refractivity contribution is 0.184. The molecule has 0 saturated heterocycles. The summed E-state index contributed by atoms with van der Waals surface area (Å²) in [4.78, 5) is 4.39. The Morgan fingerprint density at radius 3 is 2.55 bits per heavy atom. The average Bonchev–Trinajstić information content (AvgIpc) is 2.79. The standard InChI is InChI=1S/C25H25IN4O3/c1-16-5-7-18(8-6-16)14-33-24-22(26)10-19(11-23(24)32-4)13-28-30-25-21(12-27)20(15-31-3)9-17(2)29-25/h5-11,13H,14-15H2,1-4H3,(H,29,30)/b28-13+. The predicted molar refractivity (Wildman–Crippen MR) is 137 cm³/mol. The van der Waals surface area contributed by atoms with Gasteiger partial charge in [-0.05, 0) is 65.8 Å². The van der Waals surface area contributed by atoms with Crippen LogP contribution in [-0.2, 0) is 18.0 Å². The lowest BCUT2D eigenvalue weighted by Crippen LogP contribution is -2.04. The van der Waals surface area contributed by atoms with Crippen molar-refractivity contribution >= 4 is 34.6 Å². The number of nitrogens with one attached hydrogen (secondary N) is 1. The second kappa shape index (κ2) is 11.6. The van der Waals surface area contributed by atoms with Crippen LogP contribution in [0.1, 0.15) is 33.5 Å². The summed E-state index contributed by atoms with van der Waals surface area (Å²) in [5.74, 6) is 1.69. The molecule has 0 bridgehead atoms. The molecule has 0 atom stereocenters. The van der Waals surface area contributed by atoms with Crippen molar-refractivity contribution in [1.29, 1.82) is 5.26 Å². The summed E-state index contributed by atoms with van der Waals surface area (Å²) in [5, 5.41) is 13.8. The van der Waals surface area contributed by atoms with E-state index in [1.807, 2.05) is 37.3 Å². The van der Waals surface area contributed by atoms with E-state index in [2.05, 4.69) is 63.2 Å². The van der Waals surface area contributed by atoms with Crippen molar-refractivity contribution in [3.63, 3.8) is 0 Å². The quantitative estimate of drug-likeness (QED) is 0.217. The van der Waals surface area contributed by atoms with Crippen LogP contribution in [0.5, 0.6) is 11.5 Å². The zero-order valence-electron chi connectivity index (χ0n) is 19.0. The Hall–Kier alpha value is -3.16. The van der Waals surface area contributed by atoms with Crippen LogP contribution in [0.15, 0.2) is 47.6 Å². The molecule has 33 heavy (non-hydrogen) atoms. The van der Waals surface area contributed by atoms with Gasteiger partial charge in [-0.15, -0.1) is 0 Å². The van der Waals surface area contributed by atoms with Gasteiger partial charge < -0.3 is 14.2 Å². The number of hydrogen-bond acceptors (Lipinski definition) is 7. The first-order valence-electron chi connectivity index (χ1n) is 10.2. The second-order valence-corrected chi connectivity index (χ2v) is 8.53. The summed E-state index contributed by atoms with van der Waals surface area (Å²) >= 11 is 2.22. The van der Waals surface area contributed by atoms with Crippen molar-refractivity contribution in [2.24, 2.45) is 5.10 Å². The molecular weight excluding hydrogens is 531 g/mol. The van der Waals surface area contributed by atoms with Gasteiger partial charge in [0.25, 0.3) is 0 Å². The molecule has 3 aromatic rings. The van der Waals surface area contributed by atoms with E-state index in [0.29, 0.717) is 36.1 Å². The maximum atomic E-state index is 9.55. The number of nitriles is 1. The first kappa shape index (κ1) is 24.5. The number of halogens is 1. The molecule has 0 aliphatic heterocycles. The summed E-state index contributed by atoms with van der Waals surface area (Å²) in [5.41, 5.74) is 7.93. The number of aryl methyl sites for hydroxylation is 2. The smallest absolute Gasteiger partial charge is 0.174 e. The predicted octanol–water partition coefficient (Wildman–Crippen LogP) is 5.35. The topological polar surface area (TPSA) is 88.8 Å². The number of hydrazone groups is 1. The first-order valence-corrected chi connectivity index (χ1v) is 11.3. The molecule has 8 heteroatoms. The molecule has 2 aromatic carbocycles. The summed E-state index contributed by atoms with van der Waals surface area (Å²) in [7, 11) is 3.20. The zero-order chi connectivity index (χ0) is 23.8. The van der Waals surface area contributed by atoms with Gasteiger partial charge in [-0.3, -0.25) is 5.43 Å². The van der Waals surface area contributed by atoms with E-state index in [4.69, 9.17) is 14.2 Å². The van der Waals surface area contributed by atoms with Gasteiger partial charge >= 0.3 is 0 Å². The van der Waals surface area contributed by atoms with Crippen LogP contribution in [0.2, 0.25) is 0 Å². The molecule has 1 heterocycles. The van der Waals surface area contributed by atoms with E-state index in [9.17, 15) is 5.26 Å². The van der Waals surface area contributed by atoms with E-state index < -0.39 is 0 Å². The number of hydrogen-bond donors (Lipinski definition) is 1. The van der Waals surface area contributed by atoms with Gasteiger partial charge in [-0.25, -0.2) is 4.98 Å². The number of ether oxygens (including phenoxy) is 3. The van der Waals surface area contributed by atoms with Crippen LogP contribution in [0.4, 0.5) is 5.82 Å². The minimum atomic E-state index is 0.324. The molecule has 0 unspecified atom stereocenters. The van der Waals surface area contributed by atoms with Crippen molar-refractivity contribution in [3.8, 4) is 17.6 Å². The first-order chi connectivity index (χ1) is 15.9. The van der Waals surface area contributed by atoms with Crippen LogP contribution >= 0.6 is 22.6 Å². The number of methoxy groups -OCH3 is 2. The highest BCUT2D eigenvalue weighted by atomic mass is 127. The maximum Gasteiger partial charge on any atom is 0.174 e. The van der Waals surface area contributed by atoms with Gasteiger partial charge in [0.1, 0.15) is 18.2 Å². The van der Waals surface area contributed by atoms with Gasteiger partial charge in [0.05, 0.1) is 23.5 Å². The van der Waals surface area contributed by atoms with E-state index in [-0.39, 0.29) is 0 Å². The normalized spacial score (nSPS) is 10.8. The van der Waals surface area contributed by atoms with E-state index >= 15 is 0 Å². The van der Waals surface area contributed by atoms with Gasteiger partial charge in [0.15, 0.2) is 17.3 Å². The maximum absolute atomic E-state index is 9.55. The minimum absolute atomic E-state index is 0.324.